The summed E-state index contributed by atoms with van der Waals surface area (Å²) in [6, 6.07) is 13.4. The van der Waals surface area contributed by atoms with Gasteiger partial charge in [-0.15, -0.1) is 0 Å². The average molecular weight is 499 g/mol. The van der Waals surface area contributed by atoms with Gasteiger partial charge in [-0.1, -0.05) is 37.6 Å². The third kappa shape index (κ3) is 5.18. The fraction of sp³-hybridized carbons (Fsp3) is 0.370. The number of fused-ring (bicyclic) bond motifs is 1. The Morgan fingerprint density at radius 2 is 1.97 bits per heavy atom. The molecule has 0 aliphatic carbocycles. The summed E-state index contributed by atoms with van der Waals surface area (Å²) >= 11 is 0. The molecule has 8 heteroatoms. The van der Waals surface area contributed by atoms with Crippen molar-refractivity contribution in [3.8, 4) is 0 Å². The molecule has 4 rings (SSSR count). The molecule has 0 saturated carbocycles. The summed E-state index contributed by atoms with van der Waals surface area (Å²) in [5.74, 6) is 0. The Balaban J connectivity index is 1.83. The topological polar surface area (TPSA) is 79.6 Å². The second kappa shape index (κ2) is 10.3. The van der Waals surface area contributed by atoms with E-state index in [1.165, 1.54) is 18.2 Å². The van der Waals surface area contributed by atoms with Crippen LogP contribution in [0.4, 0.5) is 9.18 Å². The number of benzene rings is 2. The van der Waals surface area contributed by atoms with Gasteiger partial charge in [0.25, 0.3) is 0 Å². The van der Waals surface area contributed by atoms with Gasteiger partial charge in [0.05, 0.1) is 16.1 Å². The predicted octanol–water partition coefficient (Wildman–Crippen LogP) is 6.06. The molecule has 1 aliphatic rings. The highest BCUT2D eigenvalue weighted by Crippen LogP contribution is 2.37. The third-order valence-electron chi connectivity index (χ3n) is 6.79. The Labute approximate surface area is 205 Å². The third-order valence-corrected chi connectivity index (χ3v) is 8.21. The number of carbonyl (C=O) groups is 1. The van der Waals surface area contributed by atoms with Gasteiger partial charge in [0.15, 0.2) is 9.84 Å². The SMILES string of the molecule is CCCC(F)c1c(CC2CCCN2C)c2cc(C=CS(=O)(=O)c3ccccc3)ccc2n1C(=O)O. The van der Waals surface area contributed by atoms with E-state index in [-0.39, 0.29) is 23.1 Å². The molecule has 1 aromatic heterocycles. The van der Waals surface area contributed by atoms with Crippen LogP contribution in [-0.4, -0.2) is 48.7 Å². The Kier molecular flexibility index (Phi) is 7.42. The predicted molar refractivity (Wildman–Crippen MR) is 136 cm³/mol. The van der Waals surface area contributed by atoms with Gasteiger partial charge in [-0.25, -0.2) is 22.2 Å². The van der Waals surface area contributed by atoms with Gasteiger partial charge in [0.1, 0.15) is 6.17 Å². The molecule has 1 fully saturated rings. The minimum atomic E-state index is -3.63. The van der Waals surface area contributed by atoms with Crippen LogP contribution in [0.1, 0.15) is 55.6 Å². The van der Waals surface area contributed by atoms with Crippen LogP contribution < -0.4 is 0 Å². The zero-order valence-corrected chi connectivity index (χ0v) is 20.8. The summed E-state index contributed by atoms with van der Waals surface area (Å²) < 4.78 is 41.9. The largest absolute Gasteiger partial charge is 0.464 e. The van der Waals surface area contributed by atoms with Crippen LogP contribution in [0, 0.1) is 0 Å². The summed E-state index contributed by atoms with van der Waals surface area (Å²) in [5.41, 5.74) is 1.93. The van der Waals surface area contributed by atoms with E-state index in [1.54, 1.807) is 36.4 Å². The standard InChI is InChI=1S/C27H31FN2O4S/c1-3-8-24(28)26-23(18-20-9-7-15-29(20)2)22-17-19(12-13-25(22)30(26)27(31)32)14-16-35(33,34)21-10-5-4-6-11-21/h4-6,10-14,16-17,20,24H,3,7-9,15,18H2,1-2H3,(H,31,32). The van der Waals surface area contributed by atoms with Crippen molar-refractivity contribution in [2.75, 3.05) is 13.6 Å². The number of likely N-dealkylation sites (tertiary alicyclic amines) is 1. The second-order valence-electron chi connectivity index (χ2n) is 9.16. The number of likely N-dealkylation sites (N-methyl/N-ethyl adjacent to an activating group) is 1. The summed E-state index contributed by atoms with van der Waals surface area (Å²) in [7, 11) is -1.59. The second-order valence-corrected chi connectivity index (χ2v) is 11.0. The molecule has 2 unspecified atom stereocenters. The molecule has 2 atom stereocenters. The molecular weight excluding hydrogens is 467 g/mol. The van der Waals surface area contributed by atoms with Crippen molar-refractivity contribution in [2.45, 2.75) is 56.1 Å². The smallest absolute Gasteiger partial charge is 0.416 e. The van der Waals surface area contributed by atoms with Crippen LogP contribution in [0.3, 0.4) is 0 Å². The van der Waals surface area contributed by atoms with Gasteiger partial charge in [0.2, 0.25) is 0 Å². The lowest BCUT2D eigenvalue weighted by molar-refractivity contribution is 0.193. The average Bonchev–Trinajstić information content (AvgIpc) is 3.39. The highest BCUT2D eigenvalue weighted by atomic mass is 32.2. The molecule has 186 valence electrons. The van der Waals surface area contributed by atoms with E-state index < -0.39 is 22.1 Å². The van der Waals surface area contributed by atoms with E-state index in [0.717, 1.165) is 29.4 Å². The lowest BCUT2D eigenvalue weighted by atomic mass is 9.97. The van der Waals surface area contributed by atoms with E-state index in [2.05, 4.69) is 4.90 Å². The number of hydrogen-bond acceptors (Lipinski definition) is 4. The van der Waals surface area contributed by atoms with E-state index in [0.29, 0.717) is 34.9 Å². The van der Waals surface area contributed by atoms with Gasteiger partial charge in [-0.2, -0.15) is 0 Å². The fourth-order valence-corrected chi connectivity index (χ4v) is 6.00. The van der Waals surface area contributed by atoms with Gasteiger partial charge in [-0.05, 0) is 80.7 Å². The number of sulfone groups is 1. The number of alkyl halides is 1. The summed E-state index contributed by atoms with van der Waals surface area (Å²) in [6.07, 6.45) is 2.28. The monoisotopic (exact) mass is 498 g/mol. The Morgan fingerprint density at radius 3 is 2.60 bits per heavy atom. The molecule has 1 saturated heterocycles. The Morgan fingerprint density at radius 1 is 1.23 bits per heavy atom. The zero-order valence-electron chi connectivity index (χ0n) is 20.0. The molecule has 0 radical (unpaired) electrons. The molecule has 0 amide bonds. The first kappa shape index (κ1) is 25.1. The van der Waals surface area contributed by atoms with Gasteiger partial charge >= 0.3 is 6.09 Å². The van der Waals surface area contributed by atoms with Gasteiger partial charge < -0.3 is 10.0 Å². The van der Waals surface area contributed by atoms with Crippen LogP contribution in [0.5, 0.6) is 0 Å². The molecule has 2 heterocycles. The quantitative estimate of drug-likeness (QED) is 0.408. The number of halogens is 1. The number of rotatable bonds is 8. The summed E-state index contributed by atoms with van der Waals surface area (Å²) in [5, 5.41) is 11.8. The zero-order chi connectivity index (χ0) is 25.2. The van der Waals surface area contributed by atoms with Crippen molar-refractivity contribution in [3.63, 3.8) is 0 Å². The number of aromatic nitrogens is 1. The fourth-order valence-electron chi connectivity index (χ4n) is 4.97. The summed E-state index contributed by atoms with van der Waals surface area (Å²) in [4.78, 5) is 14.7. The van der Waals surface area contributed by atoms with Crippen molar-refractivity contribution in [1.29, 1.82) is 0 Å². The minimum absolute atomic E-state index is 0.196. The Hall–Kier alpha value is -2.97. The van der Waals surface area contributed by atoms with E-state index >= 15 is 4.39 Å². The van der Waals surface area contributed by atoms with Crippen molar-refractivity contribution in [2.24, 2.45) is 0 Å². The van der Waals surface area contributed by atoms with Crippen LogP contribution >= 0.6 is 0 Å². The van der Waals surface area contributed by atoms with Gasteiger partial charge in [-0.3, -0.25) is 0 Å². The van der Waals surface area contributed by atoms with E-state index in [9.17, 15) is 18.3 Å². The first-order valence-corrected chi connectivity index (χ1v) is 13.5. The summed E-state index contributed by atoms with van der Waals surface area (Å²) in [6.45, 7) is 2.83. The lowest BCUT2D eigenvalue weighted by Crippen LogP contribution is -2.27. The molecule has 35 heavy (non-hydrogen) atoms. The van der Waals surface area contributed by atoms with Crippen molar-refractivity contribution >= 4 is 32.9 Å². The Bertz CT molecular complexity index is 1350. The molecule has 6 nitrogen and oxygen atoms in total. The number of hydrogen-bond donors (Lipinski definition) is 1. The van der Waals surface area contributed by atoms with Crippen LogP contribution in [-0.2, 0) is 16.3 Å². The lowest BCUT2D eigenvalue weighted by Gasteiger charge is -2.21. The first-order chi connectivity index (χ1) is 16.7. The first-order valence-electron chi connectivity index (χ1n) is 12.0. The number of carboxylic acid groups (broad SMARTS) is 1. The van der Waals surface area contributed by atoms with Crippen molar-refractivity contribution < 1.29 is 22.7 Å². The molecule has 0 bridgehead atoms. The normalized spacial score (nSPS) is 18.0. The van der Waals surface area contributed by atoms with Gasteiger partial charge in [0, 0.05) is 16.8 Å². The van der Waals surface area contributed by atoms with E-state index in [1.807, 2.05) is 14.0 Å². The molecule has 3 aromatic rings. The highest BCUT2D eigenvalue weighted by Gasteiger charge is 2.30. The maximum atomic E-state index is 15.4. The maximum Gasteiger partial charge on any atom is 0.416 e. The highest BCUT2D eigenvalue weighted by molar-refractivity contribution is 7.94. The van der Waals surface area contributed by atoms with E-state index in [4.69, 9.17) is 0 Å². The molecule has 1 aliphatic heterocycles. The van der Waals surface area contributed by atoms with Crippen LogP contribution in [0.15, 0.2) is 58.8 Å². The molecule has 1 N–H and O–H groups in total. The maximum absolute atomic E-state index is 15.4. The molecular formula is C27H31FN2O4S. The molecule has 2 aromatic carbocycles. The van der Waals surface area contributed by atoms with Crippen LogP contribution in [0.25, 0.3) is 17.0 Å². The minimum Gasteiger partial charge on any atom is -0.464 e. The number of nitrogens with zero attached hydrogens (tertiary/aromatic N) is 2. The van der Waals surface area contributed by atoms with Crippen molar-refractivity contribution in [3.05, 3.63) is 70.8 Å². The molecule has 0 spiro atoms. The van der Waals surface area contributed by atoms with Crippen molar-refractivity contribution in [1.82, 2.24) is 9.47 Å². The van der Waals surface area contributed by atoms with Crippen LogP contribution in [0.2, 0.25) is 0 Å².